The van der Waals surface area contributed by atoms with E-state index in [9.17, 15) is 14.4 Å². The molecule has 1 amide bonds. The number of amides is 1. The van der Waals surface area contributed by atoms with Crippen LogP contribution in [0.1, 0.15) is 54.8 Å². The maximum Gasteiger partial charge on any atom is 0.339 e. The van der Waals surface area contributed by atoms with Gasteiger partial charge in [0.25, 0.3) is 0 Å². The number of thiophene rings is 1. The van der Waals surface area contributed by atoms with E-state index in [0.29, 0.717) is 17.1 Å². The van der Waals surface area contributed by atoms with Crippen LogP contribution in [0.5, 0.6) is 0 Å². The van der Waals surface area contributed by atoms with Gasteiger partial charge in [-0.25, -0.2) is 4.79 Å². The van der Waals surface area contributed by atoms with Crippen LogP contribution in [-0.2, 0) is 11.3 Å². The minimum Gasteiger partial charge on any atom is -0.478 e. The van der Waals surface area contributed by atoms with E-state index < -0.39 is 5.97 Å². The standard InChI is InChI=1S/C18H21NO5S/c1-10-7-15(12(3)25-10)16(20)5-6-17(21)19(4)9-13-8-14(18(22)23)11(2)24-13/h7-8H,5-6,9H2,1-4H3,(H,22,23). The molecule has 0 saturated heterocycles. The highest BCUT2D eigenvalue weighted by Crippen LogP contribution is 2.22. The summed E-state index contributed by atoms with van der Waals surface area (Å²) in [5.41, 5.74) is 0.778. The van der Waals surface area contributed by atoms with Gasteiger partial charge in [-0.2, -0.15) is 0 Å². The van der Waals surface area contributed by atoms with Gasteiger partial charge in [-0.05, 0) is 32.9 Å². The van der Waals surface area contributed by atoms with Crippen LogP contribution in [0.2, 0.25) is 0 Å². The summed E-state index contributed by atoms with van der Waals surface area (Å²) in [7, 11) is 1.60. The molecular weight excluding hydrogens is 342 g/mol. The molecule has 25 heavy (non-hydrogen) atoms. The lowest BCUT2D eigenvalue weighted by Crippen LogP contribution is -2.26. The van der Waals surface area contributed by atoms with Crippen LogP contribution in [-0.4, -0.2) is 34.7 Å². The number of carbonyl (C=O) groups is 3. The molecule has 2 heterocycles. The number of carbonyl (C=O) groups excluding carboxylic acids is 2. The normalized spacial score (nSPS) is 10.7. The molecule has 0 fully saturated rings. The molecule has 134 valence electrons. The predicted octanol–water partition coefficient (Wildman–Crippen LogP) is 3.59. The molecule has 0 radical (unpaired) electrons. The molecule has 0 spiro atoms. The van der Waals surface area contributed by atoms with Gasteiger partial charge in [-0.15, -0.1) is 11.3 Å². The quantitative estimate of drug-likeness (QED) is 0.760. The van der Waals surface area contributed by atoms with E-state index in [4.69, 9.17) is 9.52 Å². The summed E-state index contributed by atoms with van der Waals surface area (Å²) in [5.74, 6) is -0.578. The van der Waals surface area contributed by atoms with Gasteiger partial charge in [0.1, 0.15) is 17.1 Å². The van der Waals surface area contributed by atoms with Crippen LogP contribution in [0, 0.1) is 20.8 Å². The van der Waals surface area contributed by atoms with Crippen molar-refractivity contribution < 1.29 is 23.9 Å². The minimum absolute atomic E-state index is 0.0365. The summed E-state index contributed by atoms with van der Waals surface area (Å²) in [4.78, 5) is 39.0. The van der Waals surface area contributed by atoms with Crippen LogP contribution < -0.4 is 0 Å². The van der Waals surface area contributed by atoms with Crippen LogP contribution >= 0.6 is 11.3 Å². The van der Waals surface area contributed by atoms with Gasteiger partial charge in [0.15, 0.2) is 5.78 Å². The average Bonchev–Trinajstić information content (AvgIpc) is 3.06. The molecule has 0 atom stereocenters. The third kappa shape index (κ3) is 4.57. The summed E-state index contributed by atoms with van der Waals surface area (Å²) >= 11 is 1.57. The second-order valence-electron chi connectivity index (χ2n) is 5.99. The Bertz CT molecular complexity index is 818. The number of hydrogen-bond donors (Lipinski definition) is 1. The number of carboxylic acids is 1. The Morgan fingerprint density at radius 3 is 2.32 bits per heavy atom. The number of nitrogens with zero attached hydrogens (tertiary/aromatic N) is 1. The van der Waals surface area contributed by atoms with Crippen LogP contribution in [0.3, 0.4) is 0 Å². The van der Waals surface area contributed by atoms with E-state index in [0.717, 1.165) is 9.75 Å². The summed E-state index contributed by atoms with van der Waals surface area (Å²) < 4.78 is 5.37. The molecule has 2 rings (SSSR count). The van der Waals surface area contributed by atoms with E-state index >= 15 is 0 Å². The molecule has 2 aromatic heterocycles. The molecule has 0 aliphatic carbocycles. The van der Waals surface area contributed by atoms with Crippen LogP contribution in [0.25, 0.3) is 0 Å². The topological polar surface area (TPSA) is 87.8 Å². The molecule has 0 unspecified atom stereocenters. The Hall–Kier alpha value is -2.41. The lowest BCUT2D eigenvalue weighted by atomic mass is 10.1. The van der Waals surface area contributed by atoms with Crippen molar-refractivity contribution in [2.24, 2.45) is 0 Å². The van der Waals surface area contributed by atoms with Gasteiger partial charge < -0.3 is 14.4 Å². The average molecular weight is 363 g/mol. The Morgan fingerprint density at radius 1 is 1.12 bits per heavy atom. The number of hydrogen-bond acceptors (Lipinski definition) is 5. The number of Topliss-reactive ketones (excluding diaryl/α,β-unsaturated/α-hetero) is 1. The first-order valence-corrected chi connectivity index (χ1v) is 8.67. The number of furan rings is 1. The Kier molecular flexibility index (Phi) is 5.79. The third-order valence-electron chi connectivity index (χ3n) is 3.93. The first-order chi connectivity index (χ1) is 11.7. The lowest BCUT2D eigenvalue weighted by molar-refractivity contribution is -0.130. The first-order valence-electron chi connectivity index (χ1n) is 7.85. The number of rotatable bonds is 7. The predicted molar refractivity (Wildman–Crippen MR) is 94.2 cm³/mol. The number of ketones is 1. The van der Waals surface area contributed by atoms with E-state index in [1.807, 2.05) is 19.9 Å². The van der Waals surface area contributed by atoms with Crippen molar-refractivity contribution >= 4 is 29.0 Å². The van der Waals surface area contributed by atoms with E-state index in [-0.39, 0.29) is 36.6 Å². The molecule has 0 aromatic carbocycles. The van der Waals surface area contributed by atoms with Gasteiger partial charge in [-0.3, -0.25) is 9.59 Å². The molecule has 7 heteroatoms. The first kappa shape index (κ1) is 18.9. The molecule has 0 aliphatic rings. The third-order valence-corrected chi connectivity index (χ3v) is 4.89. The second kappa shape index (κ2) is 7.65. The Balaban J connectivity index is 1.92. The van der Waals surface area contributed by atoms with Gasteiger partial charge in [0.05, 0.1) is 6.54 Å². The lowest BCUT2D eigenvalue weighted by Gasteiger charge is -2.15. The SMILES string of the molecule is Cc1cc(C(=O)CCC(=O)N(C)Cc2cc(C(=O)O)c(C)o2)c(C)s1. The van der Waals surface area contributed by atoms with Gasteiger partial charge in [0.2, 0.25) is 5.91 Å². The number of aromatic carboxylic acids is 1. The maximum absolute atomic E-state index is 12.2. The zero-order valence-corrected chi connectivity index (χ0v) is 15.5. The second-order valence-corrected chi connectivity index (χ2v) is 7.45. The van der Waals surface area contributed by atoms with Crippen molar-refractivity contribution in [3.05, 3.63) is 44.5 Å². The molecule has 6 nitrogen and oxygen atoms in total. The molecule has 0 bridgehead atoms. The van der Waals surface area contributed by atoms with Crippen molar-refractivity contribution in [2.75, 3.05) is 7.05 Å². The van der Waals surface area contributed by atoms with Crippen molar-refractivity contribution in [2.45, 2.75) is 40.2 Å². The maximum atomic E-state index is 12.2. The van der Waals surface area contributed by atoms with Crippen LogP contribution in [0.15, 0.2) is 16.5 Å². The summed E-state index contributed by atoms with van der Waals surface area (Å²) in [5, 5.41) is 9.02. The van der Waals surface area contributed by atoms with Crippen molar-refractivity contribution in [1.29, 1.82) is 0 Å². The van der Waals surface area contributed by atoms with Gasteiger partial charge >= 0.3 is 5.97 Å². The summed E-state index contributed by atoms with van der Waals surface area (Å²) in [6.07, 6.45) is 0.257. The van der Waals surface area contributed by atoms with Gasteiger partial charge in [-0.1, -0.05) is 0 Å². The zero-order valence-electron chi connectivity index (χ0n) is 14.7. The van der Waals surface area contributed by atoms with Crippen molar-refractivity contribution in [1.82, 2.24) is 4.90 Å². The molecular formula is C18H21NO5S. The molecule has 0 saturated carbocycles. The minimum atomic E-state index is -1.06. The summed E-state index contributed by atoms with van der Waals surface area (Å²) in [6, 6.07) is 3.28. The molecule has 0 aliphatic heterocycles. The van der Waals surface area contributed by atoms with E-state index in [1.54, 1.807) is 25.3 Å². The molecule has 1 N–H and O–H groups in total. The van der Waals surface area contributed by atoms with E-state index in [1.165, 1.54) is 11.0 Å². The fourth-order valence-corrected chi connectivity index (χ4v) is 3.55. The Labute approximate surface area is 150 Å². The molecule has 2 aromatic rings. The van der Waals surface area contributed by atoms with Crippen LogP contribution in [0.4, 0.5) is 0 Å². The summed E-state index contributed by atoms with van der Waals surface area (Å²) in [6.45, 7) is 5.58. The Morgan fingerprint density at radius 2 is 1.80 bits per heavy atom. The largest absolute Gasteiger partial charge is 0.478 e. The number of aryl methyl sites for hydroxylation is 3. The fraction of sp³-hybridized carbons (Fsp3) is 0.389. The fourth-order valence-electron chi connectivity index (χ4n) is 2.61. The zero-order chi connectivity index (χ0) is 18.7. The highest BCUT2D eigenvalue weighted by atomic mass is 32.1. The van der Waals surface area contributed by atoms with Crippen molar-refractivity contribution in [3.8, 4) is 0 Å². The highest BCUT2D eigenvalue weighted by molar-refractivity contribution is 7.12. The van der Waals surface area contributed by atoms with E-state index in [2.05, 4.69) is 0 Å². The smallest absolute Gasteiger partial charge is 0.339 e. The monoisotopic (exact) mass is 363 g/mol. The number of carboxylic acid groups (broad SMARTS) is 1. The van der Waals surface area contributed by atoms with Crippen molar-refractivity contribution in [3.63, 3.8) is 0 Å². The highest BCUT2D eigenvalue weighted by Gasteiger charge is 2.18. The van der Waals surface area contributed by atoms with Gasteiger partial charge in [0, 0.05) is 35.2 Å².